The Hall–Kier alpha value is -1.39. The second-order valence-electron chi connectivity index (χ2n) is 5.27. The van der Waals surface area contributed by atoms with Crippen LogP contribution in [0.25, 0.3) is 10.9 Å². The molecule has 0 aliphatic carbocycles. The van der Waals surface area contributed by atoms with Gasteiger partial charge < -0.3 is 14.6 Å². The Morgan fingerprint density at radius 1 is 1.20 bits per heavy atom. The number of benzene rings is 1. The van der Waals surface area contributed by atoms with Crippen molar-refractivity contribution in [1.29, 1.82) is 0 Å². The van der Waals surface area contributed by atoms with Crippen molar-refractivity contribution in [1.82, 2.24) is 9.88 Å². The van der Waals surface area contributed by atoms with Crippen molar-refractivity contribution in [3.05, 3.63) is 35.3 Å². The molecule has 1 N–H and O–H groups in total. The van der Waals surface area contributed by atoms with Gasteiger partial charge in [-0.25, -0.2) is 4.39 Å². The summed E-state index contributed by atoms with van der Waals surface area (Å²) in [5.41, 5.74) is 2.96. The predicted molar refractivity (Wildman–Crippen MR) is 80.7 cm³/mol. The van der Waals surface area contributed by atoms with Crippen molar-refractivity contribution in [2.45, 2.75) is 19.8 Å². The molecule has 0 spiro atoms. The van der Waals surface area contributed by atoms with Crippen LogP contribution in [0.1, 0.15) is 18.1 Å². The molecule has 0 unspecified atom stereocenters. The number of aromatic amines is 1. The maximum atomic E-state index is 13.9. The minimum atomic E-state index is -0.184. The Morgan fingerprint density at radius 3 is 2.70 bits per heavy atom. The number of nitrogens with one attached hydrogen (secondary N) is 1. The SMILES string of the molecule is CCOCCc1ccc(F)c2[nH]cc(CCN(C)C)c12. The number of hydrogen-bond donors (Lipinski definition) is 1. The van der Waals surface area contributed by atoms with Crippen molar-refractivity contribution >= 4 is 10.9 Å². The number of nitrogens with zero attached hydrogens (tertiary/aromatic N) is 1. The molecule has 0 amide bonds. The van der Waals surface area contributed by atoms with Crippen molar-refractivity contribution in [2.24, 2.45) is 0 Å². The molecule has 20 heavy (non-hydrogen) atoms. The van der Waals surface area contributed by atoms with E-state index in [0.29, 0.717) is 18.7 Å². The van der Waals surface area contributed by atoms with Gasteiger partial charge in [-0.2, -0.15) is 0 Å². The van der Waals surface area contributed by atoms with Gasteiger partial charge in [0, 0.05) is 24.7 Å². The van der Waals surface area contributed by atoms with E-state index in [0.717, 1.165) is 30.3 Å². The first kappa shape index (κ1) is 15.0. The van der Waals surface area contributed by atoms with Crippen molar-refractivity contribution in [2.75, 3.05) is 33.9 Å². The zero-order chi connectivity index (χ0) is 14.5. The first-order chi connectivity index (χ1) is 9.63. The summed E-state index contributed by atoms with van der Waals surface area (Å²) in [4.78, 5) is 5.21. The van der Waals surface area contributed by atoms with Crippen LogP contribution in [-0.4, -0.2) is 43.7 Å². The van der Waals surface area contributed by atoms with Crippen LogP contribution < -0.4 is 0 Å². The summed E-state index contributed by atoms with van der Waals surface area (Å²) in [5.74, 6) is -0.184. The highest BCUT2D eigenvalue weighted by molar-refractivity contribution is 5.87. The fraction of sp³-hybridized carbons (Fsp3) is 0.500. The standard InChI is InChI=1S/C16H23FN2O/c1-4-20-10-8-12-5-6-14(17)16-15(12)13(11-18-16)7-9-19(2)3/h5-6,11,18H,4,7-10H2,1-3H3. The predicted octanol–water partition coefficient (Wildman–Crippen LogP) is 2.99. The van der Waals surface area contributed by atoms with Gasteiger partial charge in [0.15, 0.2) is 0 Å². The molecule has 1 aromatic heterocycles. The minimum absolute atomic E-state index is 0.184. The molecule has 0 aliphatic rings. The van der Waals surface area contributed by atoms with Gasteiger partial charge in [-0.3, -0.25) is 0 Å². The van der Waals surface area contributed by atoms with Crippen LogP contribution in [0.15, 0.2) is 18.3 Å². The third-order valence-electron chi connectivity index (χ3n) is 3.50. The highest BCUT2D eigenvalue weighted by atomic mass is 19.1. The summed E-state index contributed by atoms with van der Waals surface area (Å²) in [6.07, 6.45) is 3.66. The van der Waals surface area contributed by atoms with Crippen LogP contribution in [-0.2, 0) is 17.6 Å². The lowest BCUT2D eigenvalue weighted by molar-refractivity contribution is 0.151. The molecular weight excluding hydrogens is 255 g/mol. The number of hydrogen-bond acceptors (Lipinski definition) is 2. The Balaban J connectivity index is 2.30. The van der Waals surface area contributed by atoms with Gasteiger partial charge in [-0.15, -0.1) is 0 Å². The normalized spacial score (nSPS) is 11.7. The quantitative estimate of drug-likeness (QED) is 0.789. The van der Waals surface area contributed by atoms with Crippen LogP contribution in [0, 0.1) is 5.82 Å². The summed E-state index contributed by atoms with van der Waals surface area (Å²) < 4.78 is 19.3. The molecular formula is C16H23FN2O. The molecule has 0 radical (unpaired) electrons. The summed E-state index contributed by atoms with van der Waals surface area (Å²) in [6, 6.07) is 3.42. The third kappa shape index (κ3) is 3.38. The largest absolute Gasteiger partial charge is 0.381 e. The topological polar surface area (TPSA) is 28.3 Å². The molecule has 0 fully saturated rings. The third-order valence-corrected chi connectivity index (χ3v) is 3.50. The summed E-state index contributed by atoms with van der Waals surface area (Å²) in [5, 5.41) is 1.03. The molecule has 0 saturated heterocycles. The van der Waals surface area contributed by atoms with E-state index in [-0.39, 0.29) is 5.82 Å². The molecule has 2 aromatic rings. The van der Waals surface area contributed by atoms with Crippen molar-refractivity contribution in [3.63, 3.8) is 0 Å². The van der Waals surface area contributed by atoms with E-state index in [1.165, 1.54) is 11.6 Å². The van der Waals surface area contributed by atoms with Gasteiger partial charge in [-0.1, -0.05) is 6.07 Å². The summed E-state index contributed by atoms with van der Waals surface area (Å²) >= 11 is 0. The molecule has 1 heterocycles. The van der Waals surface area contributed by atoms with Gasteiger partial charge in [0.25, 0.3) is 0 Å². The molecule has 4 heteroatoms. The van der Waals surface area contributed by atoms with Crippen LogP contribution >= 0.6 is 0 Å². The molecule has 0 saturated carbocycles. The van der Waals surface area contributed by atoms with Gasteiger partial charge in [0.2, 0.25) is 0 Å². The van der Waals surface area contributed by atoms with Crippen molar-refractivity contribution < 1.29 is 9.13 Å². The van der Waals surface area contributed by atoms with E-state index in [9.17, 15) is 4.39 Å². The molecule has 2 rings (SSSR count). The van der Waals surface area contributed by atoms with E-state index in [4.69, 9.17) is 4.74 Å². The average molecular weight is 278 g/mol. The van der Waals surface area contributed by atoms with Gasteiger partial charge in [-0.05, 0) is 51.1 Å². The van der Waals surface area contributed by atoms with Gasteiger partial charge in [0.1, 0.15) is 5.82 Å². The van der Waals surface area contributed by atoms with E-state index in [1.54, 1.807) is 0 Å². The molecule has 110 valence electrons. The van der Waals surface area contributed by atoms with Crippen LogP contribution in [0.2, 0.25) is 0 Å². The number of rotatable bonds is 7. The second kappa shape index (κ2) is 6.86. The molecule has 3 nitrogen and oxygen atoms in total. The number of fused-ring (bicyclic) bond motifs is 1. The van der Waals surface area contributed by atoms with E-state index >= 15 is 0 Å². The Labute approximate surface area is 119 Å². The molecule has 1 aromatic carbocycles. The first-order valence-corrected chi connectivity index (χ1v) is 7.13. The number of halogens is 1. The van der Waals surface area contributed by atoms with Crippen LogP contribution in [0.5, 0.6) is 0 Å². The van der Waals surface area contributed by atoms with Crippen LogP contribution in [0.3, 0.4) is 0 Å². The van der Waals surface area contributed by atoms with E-state index in [2.05, 4.69) is 9.88 Å². The Kier molecular flexibility index (Phi) is 5.15. The molecule has 0 aliphatic heterocycles. The highest BCUT2D eigenvalue weighted by Gasteiger charge is 2.12. The molecule has 0 bridgehead atoms. The van der Waals surface area contributed by atoms with Gasteiger partial charge in [0.05, 0.1) is 12.1 Å². The monoisotopic (exact) mass is 278 g/mol. The maximum absolute atomic E-state index is 13.9. The summed E-state index contributed by atoms with van der Waals surface area (Å²) in [7, 11) is 4.09. The van der Waals surface area contributed by atoms with E-state index in [1.807, 2.05) is 33.3 Å². The Bertz CT molecular complexity index is 563. The van der Waals surface area contributed by atoms with Gasteiger partial charge >= 0.3 is 0 Å². The van der Waals surface area contributed by atoms with Crippen LogP contribution in [0.4, 0.5) is 4.39 Å². The number of H-pyrrole nitrogens is 1. The number of aromatic nitrogens is 1. The fourth-order valence-electron chi connectivity index (χ4n) is 2.44. The number of ether oxygens (including phenoxy) is 1. The lowest BCUT2D eigenvalue weighted by atomic mass is 10.0. The second-order valence-corrected chi connectivity index (χ2v) is 5.27. The smallest absolute Gasteiger partial charge is 0.147 e. The average Bonchev–Trinajstić information content (AvgIpc) is 2.84. The summed E-state index contributed by atoms with van der Waals surface area (Å²) in [6.45, 7) is 4.33. The van der Waals surface area contributed by atoms with E-state index < -0.39 is 0 Å². The lowest BCUT2D eigenvalue weighted by Crippen LogP contribution is -2.15. The zero-order valence-electron chi connectivity index (χ0n) is 12.5. The first-order valence-electron chi connectivity index (χ1n) is 7.13. The number of likely N-dealkylation sites (N-methyl/N-ethyl adjacent to an activating group) is 1. The maximum Gasteiger partial charge on any atom is 0.147 e. The fourth-order valence-corrected chi connectivity index (χ4v) is 2.44. The minimum Gasteiger partial charge on any atom is -0.381 e. The molecule has 0 atom stereocenters. The van der Waals surface area contributed by atoms with Crippen molar-refractivity contribution in [3.8, 4) is 0 Å². The highest BCUT2D eigenvalue weighted by Crippen LogP contribution is 2.26. The lowest BCUT2D eigenvalue weighted by Gasteiger charge is -2.10. The Morgan fingerprint density at radius 2 is 2.00 bits per heavy atom. The zero-order valence-corrected chi connectivity index (χ0v) is 12.5.